The Morgan fingerprint density at radius 2 is 1.25 bits per heavy atom. The van der Waals surface area contributed by atoms with Crippen LogP contribution in [-0.2, 0) is 0 Å². The van der Waals surface area contributed by atoms with E-state index >= 15 is 0 Å². The van der Waals surface area contributed by atoms with Crippen molar-refractivity contribution in [2.75, 3.05) is 0 Å². The zero-order valence-electron chi connectivity index (χ0n) is 37.0. The molecule has 0 atom stereocenters. The number of fused-ring (bicyclic) bond motifs is 6. The number of rotatable bonds is 8. The third-order valence-corrected chi connectivity index (χ3v) is 29.6. The predicted octanol–water partition coefficient (Wildman–Crippen LogP) is 14.9. The van der Waals surface area contributed by atoms with Gasteiger partial charge in [0, 0.05) is 10.3 Å². The van der Waals surface area contributed by atoms with Crippen LogP contribution in [0.5, 0.6) is 11.5 Å². The molecule has 0 spiro atoms. The third-order valence-electron chi connectivity index (χ3n) is 14.7. The normalized spacial score (nSPS) is 18.7. The molecule has 3 aliphatic rings. The van der Waals surface area contributed by atoms with Crippen molar-refractivity contribution in [1.82, 2.24) is 14.5 Å². The topological polar surface area (TPSA) is 53.1 Å². The molecule has 4 aromatic heterocycles. The van der Waals surface area contributed by atoms with E-state index in [1.54, 1.807) is 22.7 Å². The Kier molecular flexibility index (Phi) is 8.98. The van der Waals surface area contributed by atoms with Gasteiger partial charge in [-0.15, -0.1) is 0 Å². The maximum atomic E-state index is 8.10. The summed E-state index contributed by atoms with van der Waals surface area (Å²) in [5.74, 6) is 2.35. The fourth-order valence-electron chi connectivity index (χ4n) is 12.3. The molecule has 4 heterocycles. The minimum atomic E-state index is -2.78. The first kappa shape index (κ1) is 33.9. The summed E-state index contributed by atoms with van der Waals surface area (Å²) in [7, 11) is 0. The molecule has 3 aliphatic carbocycles. The van der Waals surface area contributed by atoms with Gasteiger partial charge < -0.3 is 4.42 Å². The number of para-hydroxylation sites is 2. The summed E-state index contributed by atoms with van der Waals surface area (Å²) in [6.45, 7) is -2.27. The zero-order chi connectivity index (χ0) is 41.8. The molecule has 0 radical (unpaired) electrons. The van der Waals surface area contributed by atoms with Gasteiger partial charge in [-0.2, -0.15) is 0 Å². The molecule has 6 heteroatoms. The van der Waals surface area contributed by atoms with Crippen molar-refractivity contribution >= 4 is 61.4 Å². The Morgan fingerprint density at radius 1 is 0.593 bits per heavy atom. The molecule has 0 unspecified atom stereocenters. The van der Waals surface area contributed by atoms with E-state index < -0.39 is 20.1 Å². The van der Waals surface area contributed by atoms with Crippen molar-refractivity contribution in [2.24, 2.45) is 0 Å². The van der Waals surface area contributed by atoms with E-state index in [0.29, 0.717) is 28.3 Å². The second-order valence-corrected chi connectivity index (χ2v) is 28.1. The van der Waals surface area contributed by atoms with Gasteiger partial charge in [0.1, 0.15) is 5.58 Å². The van der Waals surface area contributed by atoms with E-state index in [1.807, 2.05) is 36.4 Å². The predicted molar refractivity (Wildman–Crippen MR) is 246 cm³/mol. The fourth-order valence-corrected chi connectivity index (χ4v) is 29.6. The van der Waals surface area contributed by atoms with Gasteiger partial charge in [0.15, 0.2) is 0 Å². The summed E-state index contributed by atoms with van der Waals surface area (Å²) in [4.78, 5) is 9.91. The van der Waals surface area contributed by atoms with Gasteiger partial charge in [0.2, 0.25) is 0 Å². The Balaban J connectivity index is 1.06. The second kappa shape index (κ2) is 15.6. The summed E-state index contributed by atoms with van der Waals surface area (Å²) in [6.07, 6.45) is 25.0. The summed E-state index contributed by atoms with van der Waals surface area (Å²) < 4.78 is 44.4. The SMILES string of the molecule is [2H]C([2H])([2H])c1ccnc(-c2cc(Oc3ccc4c5ccccc5n(-c5c[c]([Ge]([CH]6CCCCC6)([CH]6CCCCC6)[CH]6CCCCC6)ccn5)c4c3)cc3c2oc2ccccc23)c1. The van der Waals surface area contributed by atoms with Gasteiger partial charge in [0.25, 0.3) is 0 Å². The van der Waals surface area contributed by atoms with Crippen molar-refractivity contribution in [3.8, 4) is 28.6 Å². The van der Waals surface area contributed by atoms with Gasteiger partial charge in [-0.3, -0.25) is 4.98 Å². The number of aromatic nitrogens is 3. The average molecular weight is 842 g/mol. The molecule has 0 aliphatic heterocycles. The number of pyridine rings is 2. The molecule has 11 rings (SSSR count). The van der Waals surface area contributed by atoms with E-state index in [4.69, 9.17) is 18.3 Å². The first-order chi connectivity index (χ1) is 30.4. The smallest absolute Gasteiger partial charge is 0.455 e. The molecule has 59 heavy (non-hydrogen) atoms. The fraction of sp³-hybridized carbons (Fsp3) is 0.358. The van der Waals surface area contributed by atoms with Crippen LogP contribution in [0.3, 0.4) is 0 Å². The Hall–Kier alpha value is -4.88. The minimum absolute atomic E-state index is 0.228. The molecule has 8 aromatic rings. The van der Waals surface area contributed by atoms with E-state index in [0.717, 1.165) is 47.5 Å². The molecule has 298 valence electrons. The van der Waals surface area contributed by atoms with Gasteiger partial charge in [-0.05, 0) is 30.6 Å². The van der Waals surface area contributed by atoms with Crippen LogP contribution in [0.2, 0.25) is 14.3 Å². The molecule has 3 saturated carbocycles. The standard InChI is InChI=1S/C53H55GeN3O2/c1-36-27-29-55-48(31-36)47-34-42(33-46-45-22-12-14-24-51(45)59-53(46)47)58-41-25-26-44-43-21-11-13-23-49(43)57(50(44)35-41)52-32-40(28-30-56-52)54(37-15-5-2-6-16-37,38-17-7-3-8-18-38)39-19-9-4-10-20-39/h11-14,21-35,37-39H,2-10,15-20H2,1H3/i1D3. The van der Waals surface area contributed by atoms with Crippen molar-refractivity contribution in [3.05, 3.63) is 121 Å². The Bertz CT molecular complexity index is 2870. The summed E-state index contributed by atoms with van der Waals surface area (Å²) in [5, 5.41) is 4.21. The van der Waals surface area contributed by atoms with Crippen LogP contribution < -0.4 is 9.13 Å². The molecular weight excluding hydrogens is 783 g/mol. The van der Waals surface area contributed by atoms with Crippen molar-refractivity contribution in [3.63, 3.8) is 0 Å². The molecule has 0 N–H and O–H groups in total. The Labute approximate surface area is 354 Å². The van der Waals surface area contributed by atoms with Crippen molar-refractivity contribution in [2.45, 2.75) is 117 Å². The number of hydrogen-bond acceptors (Lipinski definition) is 4. The van der Waals surface area contributed by atoms with E-state index in [2.05, 4.69) is 70.3 Å². The van der Waals surface area contributed by atoms with E-state index in [9.17, 15) is 0 Å². The van der Waals surface area contributed by atoms with Crippen LogP contribution in [0.15, 0.2) is 120 Å². The number of aryl methyl sites for hydroxylation is 1. The van der Waals surface area contributed by atoms with Crippen LogP contribution in [-0.4, -0.2) is 27.8 Å². The average Bonchev–Trinajstić information content (AvgIpc) is 3.85. The van der Waals surface area contributed by atoms with Gasteiger partial charge >= 0.3 is 282 Å². The molecule has 5 nitrogen and oxygen atoms in total. The zero-order valence-corrected chi connectivity index (χ0v) is 36.1. The maximum absolute atomic E-state index is 8.10. The third kappa shape index (κ3) is 6.50. The van der Waals surface area contributed by atoms with Crippen LogP contribution in [0.1, 0.15) is 106 Å². The first-order valence-corrected chi connectivity index (χ1v) is 27.1. The molecular formula is C53H55GeN3O2. The second-order valence-electron chi connectivity index (χ2n) is 17.8. The molecule has 3 fully saturated rings. The van der Waals surface area contributed by atoms with Crippen LogP contribution >= 0.6 is 0 Å². The molecule has 4 aromatic carbocycles. The molecule has 0 bridgehead atoms. The number of furan rings is 1. The van der Waals surface area contributed by atoms with Gasteiger partial charge in [-0.25, -0.2) is 0 Å². The number of hydrogen-bond donors (Lipinski definition) is 0. The molecule has 0 amide bonds. The molecule has 0 saturated heterocycles. The van der Waals surface area contributed by atoms with Crippen LogP contribution in [0, 0.1) is 6.85 Å². The number of nitrogens with zero attached hydrogens (tertiary/aromatic N) is 3. The van der Waals surface area contributed by atoms with Crippen molar-refractivity contribution < 1.29 is 13.3 Å². The van der Waals surface area contributed by atoms with Gasteiger partial charge in [0.05, 0.1) is 0 Å². The summed E-state index contributed by atoms with van der Waals surface area (Å²) >= 11 is -2.78. The minimum Gasteiger partial charge on any atom is -0.455 e. The van der Waals surface area contributed by atoms with Gasteiger partial charge in [-0.1, -0.05) is 18.2 Å². The van der Waals surface area contributed by atoms with E-state index in [-0.39, 0.29) is 5.56 Å². The monoisotopic (exact) mass is 842 g/mol. The first-order valence-electron chi connectivity index (χ1n) is 24.0. The summed E-state index contributed by atoms with van der Waals surface area (Å²) in [6, 6.07) is 35.4. The summed E-state index contributed by atoms with van der Waals surface area (Å²) in [5.41, 5.74) is 5.05. The van der Waals surface area contributed by atoms with Crippen LogP contribution in [0.25, 0.3) is 60.8 Å². The number of benzene rings is 4. The van der Waals surface area contributed by atoms with Crippen molar-refractivity contribution in [1.29, 1.82) is 0 Å². The van der Waals surface area contributed by atoms with Crippen LogP contribution in [0.4, 0.5) is 0 Å². The number of ether oxygens (including phenoxy) is 1. The quantitative estimate of drug-likeness (QED) is 0.143. The van der Waals surface area contributed by atoms with E-state index in [1.165, 1.54) is 107 Å². The Morgan fingerprint density at radius 3 is 1.98 bits per heavy atom.